The second-order valence-corrected chi connectivity index (χ2v) is 8.13. The van der Waals surface area contributed by atoms with Crippen LogP contribution in [0.4, 0.5) is 0 Å². The summed E-state index contributed by atoms with van der Waals surface area (Å²) in [5.74, 6) is 0.685. The Bertz CT molecular complexity index is 1050. The SMILES string of the molecule is CC(NC(=O)CN1CCc2onc(CC(=O)NCc3ccccc3)c2C1)c1ccccc1. The lowest BCUT2D eigenvalue weighted by Crippen LogP contribution is -2.40. The lowest BCUT2D eigenvalue weighted by atomic mass is 10.0. The lowest BCUT2D eigenvalue weighted by Gasteiger charge is -2.26. The minimum atomic E-state index is -0.100. The number of fused-ring (bicyclic) bond motifs is 1. The normalized spacial score (nSPS) is 14.4. The zero-order valence-corrected chi connectivity index (χ0v) is 18.2. The number of hydrogen-bond donors (Lipinski definition) is 2. The van der Waals surface area contributed by atoms with Crippen LogP contribution < -0.4 is 10.6 Å². The molecule has 2 amide bonds. The molecule has 0 saturated heterocycles. The van der Waals surface area contributed by atoms with E-state index < -0.39 is 0 Å². The summed E-state index contributed by atoms with van der Waals surface area (Å²) in [5.41, 5.74) is 3.69. The van der Waals surface area contributed by atoms with E-state index in [1.165, 1.54) is 0 Å². The number of benzene rings is 2. The van der Waals surface area contributed by atoms with Crippen LogP contribution in [0, 0.1) is 0 Å². The van der Waals surface area contributed by atoms with Gasteiger partial charge < -0.3 is 15.2 Å². The van der Waals surface area contributed by atoms with Gasteiger partial charge in [0.25, 0.3) is 0 Å². The minimum Gasteiger partial charge on any atom is -0.361 e. The Balaban J connectivity index is 1.30. The van der Waals surface area contributed by atoms with Crippen LogP contribution in [-0.4, -0.2) is 35.0 Å². The van der Waals surface area contributed by atoms with Crippen LogP contribution >= 0.6 is 0 Å². The molecule has 0 bridgehead atoms. The minimum absolute atomic E-state index is 0.0246. The Labute approximate surface area is 187 Å². The van der Waals surface area contributed by atoms with E-state index in [9.17, 15) is 9.59 Å². The molecule has 1 aliphatic heterocycles. The van der Waals surface area contributed by atoms with Gasteiger partial charge in [0.05, 0.1) is 24.7 Å². The lowest BCUT2D eigenvalue weighted by molar-refractivity contribution is -0.123. The fourth-order valence-corrected chi connectivity index (χ4v) is 3.92. The standard InChI is InChI=1S/C25H28N4O3/c1-18(20-10-6-3-7-11-20)27-25(31)17-29-13-12-23-21(16-29)22(28-32-23)14-24(30)26-15-19-8-4-2-5-9-19/h2-11,18H,12-17H2,1H3,(H,26,30)(H,27,31). The van der Waals surface area contributed by atoms with Crippen molar-refractivity contribution in [3.63, 3.8) is 0 Å². The Morgan fingerprint density at radius 3 is 2.53 bits per heavy atom. The van der Waals surface area contributed by atoms with E-state index in [0.717, 1.165) is 29.0 Å². The van der Waals surface area contributed by atoms with E-state index in [1.807, 2.05) is 67.6 Å². The van der Waals surface area contributed by atoms with Gasteiger partial charge in [0.2, 0.25) is 11.8 Å². The molecule has 2 N–H and O–H groups in total. The van der Waals surface area contributed by atoms with Crippen molar-refractivity contribution in [2.75, 3.05) is 13.1 Å². The summed E-state index contributed by atoms with van der Waals surface area (Å²) >= 11 is 0. The summed E-state index contributed by atoms with van der Waals surface area (Å²) in [5, 5.41) is 10.1. The molecule has 4 rings (SSSR count). The van der Waals surface area contributed by atoms with Gasteiger partial charge in [-0.1, -0.05) is 65.8 Å². The van der Waals surface area contributed by atoms with Crippen molar-refractivity contribution >= 4 is 11.8 Å². The molecule has 7 heteroatoms. The van der Waals surface area contributed by atoms with Gasteiger partial charge in [0, 0.05) is 31.6 Å². The molecule has 2 heterocycles. The van der Waals surface area contributed by atoms with Crippen LogP contribution in [0.1, 0.15) is 41.1 Å². The molecule has 3 aromatic rings. The van der Waals surface area contributed by atoms with Gasteiger partial charge in [-0.2, -0.15) is 0 Å². The number of rotatable bonds is 8. The number of hydrogen-bond acceptors (Lipinski definition) is 5. The zero-order valence-electron chi connectivity index (χ0n) is 18.2. The molecule has 0 fully saturated rings. The second-order valence-electron chi connectivity index (χ2n) is 8.13. The second kappa shape index (κ2) is 10.2. The van der Waals surface area contributed by atoms with Gasteiger partial charge in [-0.25, -0.2) is 0 Å². The van der Waals surface area contributed by atoms with Gasteiger partial charge in [0.1, 0.15) is 5.76 Å². The molecule has 0 aliphatic carbocycles. The monoisotopic (exact) mass is 432 g/mol. The largest absolute Gasteiger partial charge is 0.361 e. The first-order valence-electron chi connectivity index (χ1n) is 10.9. The van der Waals surface area contributed by atoms with Crippen LogP contribution in [0.3, 0.4) is 0 Å². The van der Waals surface area contributed by atoms with Crippen molar-refractivity contribution in [2.24, 2.45) is 0 Å². The molecule has 0 saturated carbocycles. The fraction of sp³-hybridized carbons (Fsp3) is 0.320. The maximum atomic E-state index is 12.6. The Hall–Kier alpha value is -3.45. The third-order valence-electron chi connectivity index (χ3n) is 5.69. The Kier molecular flexibility index (Phi) is 6.97. The maximum Gasteiger partial charge on any atom is 0.234 e. The molecule has 32 heavy (non-hydrogen) atoms. The summed E-state index contributed by atoms with van der Waals surface area (Å²) in [7, 11) is 0. The van der Waals surface area contributed by atoms with E-state index in [1.54, 1.807) is 0 Å². The number of amides is 2. The Morgan fingerprint density at radius 2 is 1.78 bits per heavy atom. The summed E-state index contributed by atoms with van der Waals surface area (Å²) in [6, 6.07) is 19.6. The summed E-state index contributed by atoms with van der Waals surface area (Å²) in [4.78, 5) is 27.1. The van der Waals surface area contributed by atoms with E-state index in [4.69, 9.17) is 4.52 Å². The van der Waals surface area contributed by atoms with Crippen molar-refractivity contribution in [1.82, 2.24) is 20.7 Å². The molecule has 2 aromatic carbocycles. The molecule has 0 spiro atoms. The molecular formula is C25H28N4O3. The molecule has 1 aromatic heterocycles. The van der Waals surface area contributed by atoms with Crippen molar-refractivity contribution in [1.29, 1.82) is 0 Å². The van der Waals surface area contributed by atoms with Gasteiger partial charge >= 0.3 is 0 Å². The quantitative estimate of drug-likeness (QED) is 0.572. The van der Waals surface area contributed by atoms with E-state index in [-0.39, 0.29) is 24.3 Å². The predicted octanol–water partition coefficient (Wildman–Crippen LogP) is 2.77. The van der Waals surface area contributed by atoms with Crippen molar-refractivity contribution in [3.05, 3.63) is 88.8 Å². The van der Waals surface area contributed by atoms with Gasteiger partial charge in [0.15, 0.2) is 0 Å². The highest BCUT2D eigenvalue weighted by atomic mass is 16.5. The number of aromatic nitrogens is 1. The topological polar surface area (TPSA) is 87.5 Å². The van der Waals surface area contributed by atoms with E-state index in [2.05, 4.69) is 20.7 Å². The first-order valence-corrected chi connectivity index (χ1v) is 10.9. The zero-order chi connectivity index (χ0) is 22.3. The predicted molar refractivity (Wildman–Crippen MR) is 120 cm³/mol. The number of carbonyl (C=O) groups excluding carboxylic acids is 2. The van der Waals surface area contributed by atoms with Crippen molar-refractivity contribution in [2.45, 2.75) is 38.9 Å². The van der Waals surface area contributed by atoms with Crippen molar-refractivity contribution in [3.8, 4) is 0 Å². The average molecular weight is 433 g/mol. The third-order valence-corrected chi connectivity index (χ3v) is 5.69. The first kappa shape index (κ1) is 21.8. The Morgan fingerprint density at radius 1 is 1.06 bits per heavy atom. The highest BCUT2D eigenvalue weighted by Gasteiger charge is 2.26. The summed E-state index contributed by atoms with van der Waals surface area (Å²) < 4.78 is 5.47. The average Bonchev–Trinajstić information content (AvgIpc) is 3.20. The molecule has 1 atom stereocenters. The molecule has 1 aliphatic rings. The number of nitrogens with one attached hydrogen (secondary N) is 2. The molecule has 7 nitrogen and oxygen atoms in total. The first-order chi connectivity index (χ1) is 15.6. The van der Waals surface area contributed by atoms with Gasteiger partial charge in [-0.15, -0.1) is 0 Å². The maximum absolute atomic E-state index is 12.6. The fourth-order valence-electron chi connectivity index (χ4n) is 3.92. The number of carbonyl (C=O) groups is 2. The summed E-state index contributed by atoms with van der Waals surface area (Å²) in [6.07, 6.45) is 0.840. The van der Waals surface area contributed by atoms with Crippen molar-refractivity contribution < 1.29 is 14.1 Å². The van der Waals surface area contributed by atoms with Crippen LogP contribution in [0.5, 0.6) is 0 Å². The number of nitrogens with zero attached hydrogens (tertiary/aromatic N) is 2. The van der Waals surface area contributed by atoms with Crippen LogP contribution in [0.25, 0.3) is 0 Å². The molecule has 1 unspecified atom stereocenters. The van der Waals surface area contributed by atoms with Crippen LogP contribution in [0.2, 0.25) is 0 Å². The van der Waals surface area contributed by atoms with Gasteiger partial charge in [-0.3, -0.25) is 14.5 Å². The molecular weight excluding hydrogens is 404 g/mol. The van der Waals surface area contributed by atoms with Crippen LogP contribution in [-0.2, 0) is 35.5 Å². The van der Waals surface area contributed by atoms with E-state index >= 15 is 0 Å². The summed E-state index contributed by atoms with van der Waals surface area (Å²) in [6.45, 7) is 4.02. The van der Waals surface area contributed by atoms with Crippen LogP contribution in [0.15, 0.2) is 65.2 Å². The smallest absolute Gasteiger partial charge is 0.234 e. The molecule has 166 valence electrons. The van der Waals surface area contributed by atoms with Gasteiger partial charge in [-0.05, 0) is 18.1 Å². The highest BCUT2D eigenvalue weighted by molar-refractivity contribution is 5.79. The third kappa shape index (κ3) is 5.62. The highest BCUT2D eigenvalue weighted by Crippen LogP contribution is 2.23. The van der Waals surface area contributed by atoms with E-state index in [0.29, 0.717) is 31.7 Å². The molecule has 0 radical (unpaired) electrons.